The van der Waals surface area contributed by atoms with Gasteiger partial charge in [-0.15, -0.1) is 0 Å². The molecule has 0 atom stereocenters. The van der Waals surface area contributed by atoms with Crippen molar-refractivity contribution in [2.45, 2.75) is 9.79 Å². The van der Waals surface area contributed by atoms with E-state index < -0.39 is 0 Å². The summed E-state index contributed by atoms with van der Waals surface area (Å²) in [4.78, 5) is 2.39. The number of benzene rings is 3. The molecule has 0 radical (unpaired) electrons. The highest BCUT2D eigenvalue weighted by Crippen LogP contribution is 2.42. The zero-order chi connectivity index (χ0) is 14.8. The van der Waals surface area contributed by atoms with Crippen LogP contribution in [0.3, 0.4) is 0 Å². The number of para-hydroxylation sites is 1. The molecule has 0 saturated heterocycles. The van der Waals surface area contributed by atoms with Gasteiger partial charge in [0.1, 0.15) is 11.3 Å². The molecular formula is C20H14OS. The quantitative estimate of drug-likeness (QED) is 0.443. The molecule has 106 valence electrons. The molecule has 1 heterocycles. The lowest BCUT2D eigenvalue weighted by atomic mass is 10.1. The van der Waals surface area contributed by atoms with Gasteiger partial charge in [0.15, 0.2) is 0 Å². The molecule has 0 unspecified atom stereocenters. The molecule has 0 aliphatic carbocycles. The predicted octanol–water partition coefficient (Wildman–Crippen LogP) is 6.25. The molecule has 0 spiro atoms. The molecular weight excluding hydrogens is 288 g/mol. The average Bonchev–Trinajstić information content (AvgIpc) is 2.95. The van der Waals surface area contributed by atoms with Crippen molar-refractivity contribution in [3.05, 3.63) is 84.9 Å². The first kappa shape index (κ1) is 13.2. The van der Waals surface area contributed by atoms with Gasteiger partial charge >= 0.3 is 0 Å². The van der Waals surface area contributed by atoms with Crippen molar-refractivity contribution >= 4 is 22.7 Å². The fraction of sp³-hybridized carbons (Fsp3) is 0. The van der Waals surface area contributed by atoms with Gasteiger partial charge in [-0.3, -0.25) is 0 Å². The van der Waals surface area contributed by atoms with E-state index in [-0.39, 0.29) is 0 Å². The molecule has 2 heteroatoms. The van der Waals surface area contributed by atoms with Crippen molar-refractivity contribution in [2.75, 3.05) is 0 Å². The maximum Gasteiger partial charge on any atom is 0.149 e. The summed E-state index contributed by atoms with van der Waals surface area (Å²) < 4.78 is 6.14. The lowest BCUT2D eigenvalue weighted by Gasteiger charge is -2.03. The second-order valence-corrected chi connectivity index (χ2v) is 6.12. The second kappa shape index (κ2) is 5.74. The molecule has 0 aliphatic heterocycles. The minimum Gasteiger partial charge on any atom is -0.455 e. The van der Waals surface area contributed by atoms with Gasteiger partial charge in [-0.25, -0.2) is 0 Å². The third-order valence-electron chi connectivity index (χ3n) is 3.55. The van der Waals surface area contributed by atoms with Gasteiger partial charge in [0.2, 0.25) is 0 Å². The third-order valence-corrected chi connectivity index (χ3v) is 4.67. The summed E-state index contributed by atoms with van der Waals surface area (Å²) in [5.74, 6) is 0.940. The van der Waals surface area contributed by atoms with Gasteiger partial charge in [0, 0.05) is 15.8 Å². The zero-order valence-electron chi connectivity index (χ0n) is 11.9. The van der Waals surface area contributed by atoms with Crippen molar-refractivity contribution < 1.29 is 4.42 Å². The largest absolute Gasteiger partial charge is 0.455 e. The van der Waals surface area contributed by atoms with Gasteiger partial charge in [0.05, 0.1) is 4.90 Å². The Balaban J connectivity index is 1.91. The van der Waals surface area contributed by atoms with E-state index in [9.17, 15) is 0 Å². The summed E-state index contributed by atoms with van der Waals surface area (Å²) in [6, 6.07) is 28.9. The van der Waals surface area contributed by atoms with Crippen LogP contribution in [-0.4, -0.2) is 0 Å². The van der Waals surface area contributed by atoms with E-state index >= 15 is 0 Å². The SMILES string of the molecule is c1ccc(Sc2c(-c3ccccc3)oc3ccccc23)cc1. The van der Waals surface area contributed by atoms with Crippen molar-refractivity contribution in [3.8, 4) is 11.3 Å². The van der Waals surface area contributed by atoms with E-state index in [2.05, 4.69) is 48.5 Å². The summed E-state index contributed by atoms with van der Waals surface area (Å²) in [5, 5.41) is 1.16. The molecule has 0 N–H and O–H groups in total. The highest BCUT2D eigenvalue weighted by molar-refractivity contribution is 7.99. The highest BCUT2D eigenvalue weighted by atomic mass is 32.2. The van der Waals surface area contributed by atoms with Crippen LogP contribution in [0.4, 0.5) is 0 Å². The lowest BCUT2D eigenvalue weighted by molar-refractivity contribution is 0.625. The van der Waals surface area contributed by atoms with Crippen LogP contribution in [0.2, 0.25) is 0 Å². The van der Waals surface area contributed by atoms with Crippen LogP contribution in [0.15, 0.2) is 99.1 Å². The zero-order valence-corrected chi connectivity index (χ0v) is 12.7. The molecule has 0 fully saturated rings. The fourth-order valence-corrected chi connectivity index (χ4v) is 3.57. The molecule has 22 heavy (non-hydrogen) atoms. The van der Waals surface area contributed by atoms with Crippen LogP contribution in [-0.2, 0) is 0 Å². The van der Waals surface area contributed by atoms with E-state index in [1.165, 1.54) is 9.79 Å². The van der Waals surface area contributed by atoms with Crippen LogP contribution in [0.1, 0.15) is 0 Å². The summed E-state index contributed by atoms with van der Waals surface area (Å²) in [5.41, 5.74) is 2.04. The Bertz CT molecular complexity index is 895. The first-order valence-corrected chi connectivity index (χ1v) is 8.03. The van der Waals surface area contributed by atoms with E-state index in [1.54, 1.807) is 11.8 Å². The van der Waals surface area contributed by atoms with Crippen molar-refractivity contribution in [1.82, 2.24) is 0 Å². The Labute approximate surface area is 133 Å². The van der Waals surface area contributed by atoms with Gasteiger partial charge < -0.3 is 4.42 Å². The van der Waals surface area contributed by atoms with Crippen LogP contribution in [0.25, 0.3) is 22.3 Å². The molecule has 0 bridgehead atoms. The van der Waals surface area contributed by atoms with E-state index in [0.29, 0.717) is 0 Å². The highest BCUT2D eigenvalue weighted by Gasteiger charge is 2.16. The number of fused-ring (bicyclic) bond motifs is 1. The average molecular weight is 302 g/mol. The van der Waals surface area contributed by atoms with Crippen molar-refractivity contribution in [3.63, 3.8) is 0 Å². The van der Waals surface area contributed by atoms with Crippen molar-refractivity contribution in [2.24, 2.45) is 0 Å². The topological polar surface area (TPSA) is 13.1 Å². The molecule has 4 rings (SSSR count). The Morgan fingerprint density at radius 2 is 1.27 bits per heavy atom. The molecule has 3 aromatic carbocycles. The minimum absolute atomic E-state index is 0.930. The van der Waals surface area contributed by atoms with Crippen LogP contribution < -0.4 is 0 Å². The predicted molar refractivity (Wildman–Crippen MR) is 92.2 cm³/mol. The normalized spacial score (nSPS) is 10.9. The van der Waals surface area contributed by atoms with E-state index in [4.69, 9.17) is 4.42 Å². The van der Waals surface area contributed by atoms with E-state index in [0.717, 1.165) is 22.3 Å². The molecule has 0 amide bonds. The Morgan fingerprint density at radius 3 is 2.05 bits per heavy atom. The first-order chi connectivity index (χ1) is 10.9. The standard InChI is InChI=1S/C20H14OS/c1-3-9-15(10-4-1)19-20(22-16-11-5-2-6-12-16)17-13-7-8-14-18(17)21-19/h1-14H. The Morgan fingerprint density at radius 1 is 0.636 bits per heavy atom. The summed E-state index contributed by atoms with van der Waals surface area (Å²) >= 11 is 1.75. The fourth-order valence-electron chi connectivity index (χ4n) is 2.51. The molecule has 1 aromatic heterocycles. The van der Waals surface area contributed by atoms with E-state index in [1.807, 2.05) is 36.4 Å². The van der Waals surface area contributed by atoms with Crippen LogP contribution >= 0.6 is 11.8 Å². The van der Waals surface area contributed by atoms with Gasteiger partial charge in [-0.05, 0) is 24.3 Å². The van der Waals surface area contributed by atoms with Crippen LogP contribution in [0.5, 0.6) is 0 Å². The maximum atomic E-state index is 6.14. The molecule has 4 aromatic rings. The van der Waals surface area contributed by atoms with Crippen molar-refractivity contribution in [1.29, 1.82) is 0 Å². The number of hydrogen-bond acceptors (Lipinski definition) is 2. The lowest BCUT2D eigenvalue weighted by Crippen LogP contribution is -1.77. The number of furan rings is 1. The Hall–Kier alpha value is -2.45. The third kappa shape index (κ3) is 2.42. The summed E-state index contributed by atoms with van der Waals surface area (Å²) in [6.45, 7) is 0. The van der Waals surface area contributed by atoms with Gasteiger partial charge in [-0.2, -0.15) is 0 Å². The second-order valence-electron chi connectivity index (χ2n) is 5.04. The first-order valence-electron chi connectivity index (χ1n) is 7.22. The van der Waals surface area contributed by atoms with Crippen LogP contribution in [0, 0.1) is 0 Å². The summed E-state index contributed by atoms with van der Waals surface area (Å²) in [6.07, 6.45) is 0. The number of rotatable bonds is 3. The molecule has 0 aliphatic rings. The van der Waals surface area contributed by atoms with Gasteiger partial charge in [0.25, 0.3) is 0 Å². The smallest absolute Gasteiger partial charge is 0.149 e. The van der Waals surface area contributed by atoms with Gasteiger partial charge in [-0.1, -0.05) is 72.4 Å². The number of hydrogen-bond donors (Lipinski definition) is 0. The molecule has 1 nitrogen and oxygen atoms in total. The maximum absolute atomic E-state index is 6.14. The summed E-state index contributed by atoms with van der Waals surface area (Å²) in [7, 11) is 0. The monoisotopic (exact) mass is 302 g/mol. The molecule has 0 saturated carbocycles. The Kier molecular flexibility index (Phi) is 3.45. The minimum atomic E-state index is 0.930.